The Morgan fingerprint density at radius 1 is 1.25 bits per heavy atom. The first-order valence-corrected chi connectivity index (χ1v) is 7.79. The summed E-state index contributed by atoms with van der Waals surface area (Å²) in [7, 11) is 3.14. The number of halogens is 2. The Hall–Kier alpha value is -2.11. The molecule has 0 aliphatic rings. The number of benzene rings is 2. The lowest BCUT2D eigenvalue weighted by molar-refractivity contribution is -0.121. The molecular weight excluding hydrogens is 333 g/mol. The van der Waals surface area contributed by atoms with Gasteiger partial charge in [-0.25, -0.2) is 4.39 Å². The van der Waals surface area contributed by atoms with Crippen LogP contribution in [0.4, 0.5) is 4.39 Å². The van der Waals surface area contributed by atoms with Crippen molar-refractivity contribution in [2.45, 2.75) is 12.5 Å². The summed E-state index contributed by atoms with van der Waals surface area (Å²) in [5.41, 5.74) is 1.06. The molecule has 1 unspecified atom stereocenters. The number of nitrogens with one attached hydrogen (secondary N) is 1. The summed E-state index contributed by atoms with van der Waals surface area (Å²) in [6.07, 6.45) is -0.458. The van der Waals surface area contributed by atoms with E-state index in [4.69, 9.17) is 21.1 Å². The van der Waals surface area contributed by atoms with E-state index < -0.39 is 5.82 Å². The van der Waals surface area contributed by atoms with E-state index in [1.807, 2.05) is 24.3 Å². The molecule has 2 rings (SSSR count). The van der Waals surface area contributed by atoms with Crippen molar-refractivity contribution in [1.29, 1.82) is 0 Å². The van der Waals surface area contributed by atoms with Crippen molar-refractivity contribution in [3.05, 3.63) is 64.4 Å². The van der Waals surface area contributed by atoms with Crippen LogP contribution < -0.4 is 10.1 Å². The maximum Gasteiger partial charge on any atom is 0.224 e. The molecule has 1 amide bonds. The molecule has 1 atom stereocenters. The molecular formula is C18H19ClFNO3. The largest absolute Gasteiger partial charge is 0.497 e. The van der Waals surface area contributed by atoms with Gasteiger partial charge in [-0.15, -0.1) is 0 Å². The third-order valence-corrected chi connectivity index (χ3v) is 3.99. The van der Waals surface area contributed by atoms with Crippen molar-refractivity contribution in [2.24, 2.45) is 0 Å². The van der Waals surface area contributed by atoms with Crippen molar-refractivity contribution in [2.75, 3.05) is 20.8 Å². The number of carbonyl (C=O) groups excluding carboxylic acids is 1. The fourth-order valence-corrected chi connectivity index (χ4v) is 2.54. The van der Waals surface area contributed by atoms with Crippen LogP contribution in [0.1, 0.15) is 17.2 Å². The lowest BCUT2D eigenvalue weighted by Gasteiger charge is -2.17. The Kier molecular flexibility index (Phi) is 6.58. The molecule has 0 saturated carbocycles. The van der Waals surface area contributed by atoms with Crippen molar-refractivity contribution >= 4 is 17.5 Å². The van der Waals surface area contributed by atoms with Crippen molar-refractivity contribution < 1.29 is 18.7 Å². The number of carbonyl (C=O) groups is 1. The molecule has 6 heteroatoms. The predicted molar refractivity (Wildman–Crippen MR) is 90.9 cm³/mol. The fourth-order valence-electron chi connectivity index (χ4n) is 2.31. The Morgan fingerprint density at radius 3 is 2.67 bits per heavy atom. The quantitative estimate of drug-likeness (QED) is 0.830. The Labute approximate surface area is 145 Å². The Morgan fingerprint density at radius 2 is 2.00 bits per heavy atom. The van der Waals surface area contributed by atoms with Gasteiger partial charge >= 0.3 is 0 Å². The second-order valence-corrected chi connectivity index (χ2v) is 5.59. The zero-order valence-electron chi connectivity index (χ0n) is 13.5. The first-order chi connectivity index (χ1) is 11.5. The molecule has 128 valence electrons. The molecule has 0 saturated heterocycles. The zero-order chi connectivity index (χ0) is 17.5. The molecule has 2 aromatic rings. The Balaban J connectivity index is 1.98. The van der Waals surface area contributed by atoms with Crippen LogP contribution >= 0.6 is 11.6 Å². The van der Waals surface area contributed by atoms with E-state index in [-0.39, 0.29) is 35.6 Å². The predicted octanol–water partition coefficient (Wildman–Crippen LogP) is 3.53. The van der Waals surface area contributed by atoms with Crippen LogP contribution in [0.5, 0.6) is 5.75 Å². The monoisotopic (exact) mass is 351 g/mol. The summed E-state index contributed by atoms with van der Waals surface area (Å²) in [6.45, 7) is 0.259. The van der Waals surface area contributed by atoms with Gasteiger partial charge in [0.15, 0.2) is 0 Å². The van der Waals surface area contributed by atoms with Crippen molar-refractivity contribution in [1.82, 2.24) is 5.32 Å². The summed E-state index contributed by atoms with van der Waals surface area (Å²) in [6, 6.07) is 11.7. The molecule has 0 spiro atoms. The van der Waals surface area contributed by atoms with Crippen molar-refractivity contribution in [3.8, 4) is 5.75 Å². The smallest absolute Gasteiger partial charge is 0.224 e. The summed E-state index contributed by atoms with van der Waals surface area (Å²) >= 11 is 5.93. The standard InChI is InChI=1S/C18H19ClFNO3/c1-23-13-6-3-5-12(9-13)17(24-2)11-21-18(22)10-14-15(19)7-4-8-16(14)20/h3-9,17H,10-11H2,1-2H3,(H,21,22). The van der Waals surface area contributed by atoms with Gasteiger partial charge < -0.3 is 14.8 Å². The van der Waals surface area contributed by atoms with Crippen LogP contribution in [-0.2, 0) is 16.0 Å². The molecule has 4 nitrogen and oxygen atoms in total. The fraction of sp³-hybridized carbons (Fsp3) is 0.278. The van der Waals surface area contributed by atoms with Crippen LogP contribution in [0.3, 0.4) is 0 Å². The topological polar surface area (TPSA) is 47.6 Å². The molecule has 1 N–H and O–H groups in total. The number of hydrogen-bond acceptors (Lipinski definition) is 3. The molecule has 0 radical (unpaired) electrons. The molecule has 24 heavy (non-hydrogen) atoms. The summed E-state index contributed by atoms with van der Waals surface area (Å²) < 4.78 is 24.3. The van der Waals surface area contributed by atoms with Gasteiger partial charge in [-0.3, -0.25) is 4.79 Å². The zero-order valence-corrected chi connectivity index (χ0v) is 14.3. The first kappa shape index (κ1) is 18.2. The average molecular weight is 352 g/mol. The lowest BCUT2D eigenvalue weighted by Crippen LogP contribution is -2.30. The second kappa shape index (κ2) is 8.66. The van der Waals surface area contributed by atoms with Gasteiger partial charge in [-0.1, -0.05) is 29.8 Å². The third-order valence-electron chi connectivity index (χ3n) is 3.63. The number of rotatable bonds is 7. The molecule has 0 aromatic heterocycles. The summed E-state index contributed by atoms with van der Waals surface area (Å²) in [4.78, 5) is 12.1. The maximum absolute atomic E-state index is 13.7. The van der Waals surface area contributed by atoms with E-state index in [2.05, 4.69) is 5.32 Å². The third kappa shape index (κ3) is 4.69. The van der Waals surface area contributed by atoms with Crippen LogP contribution in [0.2, 0.25) is 5.02 Å². The molecule has 0 bridgehead atoms. The van der Waals surface area contributed by atoms with Gasteiger partial charge in [0.2, 0.25) is 5.91 Å². The second-order valence-electron chi connectivity index (χ2n) is 5.18. The highest BCUT2D eigenvalue weighted by molar-refractivity contribution is 6.31. The maximum atomic E-state index is 13.7. The average Bonchev–Trinajstić information content (AvgIpc) is 2.59. The van der Waals surface area contributed by atoms with Gasteiger partial charge in [0.05, 0.1) is 19.6 Å². The Bertz CT molecular complexity index is 688. The SMILES string of the molecule is COc1cccc(C(CNC(=O)Cc2c(F)cccc2Cl)OC)c1. The van der Waals surface area contributed by atoms with E-state index in [0.29, 0.717) is 5.75 Å². The van der Waals surface area contributed by atoms with Crippen molar-refractivity contribution in [3.63, 3.8) is 0 Å². The minimum absolute atomic E-state index is 0.125. The van der Waals surface area contributed by atoms with E-state index in [9.17, 15) is 9.18 Å². The lowest BCUT2D eigenvalue weighted by atomic mass is 10.1. The number of methoxy groups -OCH3 is 2. The van der Waals surface area contributed by atoms with Crippen LogP contribution in [0, 0.1) is 5.82 Å². The van der Waals surface area contributed by atoms with Crippen LogP contribution in [-0.4, -0.2) is 26.7 Å². The summed E-state index contributed by atoms with van der Waals surface area (Å²) in [5.74, 6) is -0.111. The van der Waals surface area contributed by atoms with Gasteiger partial charge in [0.1, 0.15) is 11.6 Å². The van der Waals surface area contributed by atoms with Crippen LogP contribution in [0.25, 0.3) is 0 Å². The molecule has 0 aliphatic carbocycles. The normalized spacial score (nSPS) is 11.8. The van der Waals surface area contributed by atoms with Gasteiger partial charge in [-0.05, 0) is 29.8 Å². The molecule has 0 fully saturated rings. The van der Waals surface area contributed by atoms with E-state index >= 15 is 0 Å². The highest BCUT2D eigenvalue weighted by Gasteiger charge is 2.15. The summed E-state index contributed by atoms with van der Waals surface area (Å²) in [5, 5.41) is 2.98. The first-order valence-electron chi connectivity index (χ1n) is 7.41. The highest BCUT2D eigenvalue weighted by Crippen LogP contribution is 2.22. The van der Waals surface area contributed by atoms with Gasteiger partial charge in [0.25, 0.3) is 0 Å². The highest BCUT2D eigenvalue weighted by atomic mass is 35.5. The minimum Gasteiger partial charge on any atom is -0.497 e. The van der Waals surface area contributed by atoms with Crippen LogP contribution in [0.15, 0.2) is 42.5 Å². The molecule has 0 aliphatic heterocycles. The number of hydrogen-bond donors (Lipinski definition) is 1. The van der Waals surface area contributed by atoms with Gasteiger partial charge in [-0.2, -0.15) is 0 Å². The number of ether oxygens (including phenoxy) is 2. The molecule has 2 aromatic carbocycles. The molecule has 0 heterocycles. The minimum atomic E-state index is -0.492. The van der Waals surface area contributed by atoms with E-state index in [1.54, 1.807) is 20.3 Å². The van der Waals surface area contributed by atoms with Gasteiger partial charge in [0, 0.05) is 24.2 Å². The van der Waals surface area contributed by atoms with E-state index in [1.165, 1.54) is 12.1 Å². The number of amides is 1. The van der Waals surface area contributed by atoms with E-state index in [0.717, 1.165) is 5.56 Å².